The van der Waals surface area contributed by atoms with Gasteiger partial charge in [0.25, 0.3) is 0 Å². The molecule has 0 radical (unpaired) electrons. The maximum atomic E-state index is 11.5. The van der Waals surface area contributed by atoms with Crippen LogP contribution in [-0.4, -0.2) is 44.7 Å². The number of aliphatic carboxylic acids is 1. The molecule has 4 fully saturated rings. The molecule has 0 aromatic heterocycles. The molecule has 0 saturated heterocycles. The minimum atomic E-state index is -0.744. The molecule has 5 nitrogen and oxygen atoms in total. The van der Waals surface area contributed by atoms with Crippen LogP contribution in [0.15, 0.2) is 0 Å². The predicted octanol–water partition coefficient (Wildman–Crippen LogP) is 3.69. The molecule has 0 aromatic rings. The van der Waals surface area contributed by atoms with E-state index in [-0.39, 0.29) is 40.8 Å². The maximum absolute atomic E-state index is 11.5. The van der Waals surface area contributed by atoms with Crippen LogP contribution in [0.2, 0.25) is 0 Å². The SMILES string of the molecule is CC(CC(C)C1CCC2C3C(O)CC4CC(O)CCC4(C)C3CC(O)C12C)C(=O)O. The fraction of sp³-hybridized carbons (Fsp3) is 0.960. The van der Waals surface area contributed by atoms with Crippen LogP contribution < -0.4 is 0 Å². The van der Waals surface area contributed by atoms with Crippen LogP contribution >= 0.6 is 0 Å². The van der Waals surface area contributed by atoms with Gasteiger partial charge in [0.1, 0.15) is 0 Å². The molecular formula is C25H42O5. The second-order valence-electron chi connectivity index (χ2n) is 12.0. The monoisotopic (exact) mass is 422 g/mol. The van der Waals surface area contributed by atoms with Crippen molar-refractivity contribution in [3.63, 3.8) is 0 Å². The molecule has 0 aromatic carbocycles. The van der Waals surface area contributed by atoms with Gasteiger partial charge in [0.05, 0.1) is 24.2 Å². The lowest BCUT2D eigenvalue weighted by atomic mass is 9.43. The van der Waals surface area contributed by atoms with E-state index in [1.54, 1.807) is 6.92 Å². The zero-order valence-electron chi connectivity index (χ0n) is 19.1. The summed E-state index contributed by atoms with van der Waals surface area (Å²) in [7, 11) is 0. The van der Waals surface area contributed by atoms with Crippen molar-refractivity contribution in [2.75, 3.05) is 0 Å². The molecule has 4 aliphatic carbocycles. The second kappa shape index (κ2) is 7.74. The summed E-state index contributed by atoms with van der Waals surface area (Å²) < 4.78 is 0. The normalized spacial score (nSPS) is 52.6. The zero-order chi connectivity index (χ0) is 22.0. The molecule has 4 saturated carbocycles. The first kappa shape index (κ1) is 22.5. The molecule has 4 N–H and O–H groups in total. The molecule has 0 heterocycles. The van der Waals surface area contributed by atoms with Crippen LogP contribution in [0.1, 0.15) is 79.1 Å². The van der Waals surface area contributed by atoms with E-state index in [4.69, 9.17) is 0 Å². The summed E-state index contributed by atoms with van der Waals surface area (Å²) in [6.07, 6.45) is 5.75. The number of hydrogen-bond acceptors (Lipinski definition) is 4. The highest BCUT2D eigenvalue weighted by molar-refractivity contribution is 5.69. The summed E-state index contributed by atoms with van der Waals surface area (Å²) in [4.78, 5) is 11.4. The van der Waals surface area contributed by atoms with Gasteiger partial charge in [-0.2, -0.15) is 0 Å². The third-order valence-electron chi connectivity index (χ3n) is 10.7. The van der Waals surface area contributed by atoms with Gasteiger partial charge in [-0.05, 0) is 97.7 Å². The van der Waals surface area contributed by atoms with E-state index in [1.807, 2.05) is 0 Å². The van der Waals surface area contributed by atoms with Crippen LogP contribution in [0.3, 0.4) is 0 Å². The van der Waals surface area contributed by atoms with Crippen molar-refractivity contribution in [2.45, 2.75) is 97.4 Å². The topological polar surface area (TPSA) is 98.0 Å². The summed E-state index contributed by atoms with van der Waals surface area (Å²) >= 11 is 0. The van der Waals surface area contributed by atoms with Crippen molar-refractivity contribution in [1.29, 1.82) is 0 Å². The fourth-order valence-electron chi connectivity index (χ4n) is 8.95. The van der Waals surface area contributed by atoms with Crippen LogP contribution in [0.4, 0.5) is 0 Å². The third-order valence-corrected chi connectivity index (χ3v) is 10.7. The van der Waals surface area contributed by atoms with Crippen molar-refractivity contribution >= 4 is 5.97 Å². The first-order chi connectivity index (χ1) is 14.0. The number of fused-ring (bicyclic) bond motifs is 5. The zero-order valence-corrected chi connectivity index (χ0v) is 19.1. The highest BCUT2D eigenvalue weighted by atomic mass is 16.4. The van der Waals surface area contributed by atoms with Gasteiger partial charge >= 0.3 is 5.97 Å². The van der Waals surface area contributed by atoms with Gasteiger partial charge in [-0.1, -0.05) is 27.7 Å². The van der Waals surface area contributed by atoms with Crippen molar-refractivity contribution in [1.82, 2.24) is 0 Å². The van der Waals surface area contributed by atoms with Gasteiger partial charge in [-0.3, -0.25) is 4.79 Å². The van der Waals surface area contributed by atoms with Crippen molar-refractivity contribution in [3.05, 3.63) is 0 Å². The van der Waals surface area contributed by atoms with Crippen molar-refractivity contribution in [2.24, 2.45) is 52.3 Å². The average Bonchev–Trinajstić information content (AvgIpc) is 3.02. The smallest absolute Gasteiger partial charge is 0.306 e. The summed E-state index contributed by atoms with van der Waals surface area (Å²) in [6.45, 7) is 8.52. The largest absolute Gasteiger partial charge is 0.481 e. The molecule has 30 heavy (non-hydrogen) atoms. The third kappa shape index (κ3) is 3.26. The molecule has 172 valence electrons. The Kier molecular flexibility index (Phi) is 5.81. The summed E-state index contributed by atoms with van der Waals surface area (Å²) in [5.74, 6) is 0.567. The Morgan fingerprint density at radius 1 is 1.00 bits per heavy atom. The molecular weight excluding hydrogens is 380 g/mol. The number of carbonyl (C=O) groups is 1. The molecule has 12 atom stereocenters. The van der Waals surface area contributed by atoms with Crippen LogP contribution in [0.5, 0.6) is 0 Å². The maximum Gasteiger partial charge on any atom is 0.306 e. The van der Waals surface area contributed by atoms with Gasteiger partial charge in [-0.25, -0.2) is 0 Å². The lowest BCUT2D eigenvalue weighted by molar-refractivity contribution is -0.207. The number of rotatable bonds is 4. The van der Waals surface area contributed by atoms with Crippen molar-refractivity contribution < 1.29 is 25.2 Å². The Balaban J connectivity index is 1.61. The lowest BCUT2D eigenvalue weighted by Crippen LogP contribution is -2.62. The van der Waals surface area contributed by atoms with Crippen molar-refractivity contribution in [3.8, 4) is 0 Å². The van der Waals surface area contributed by atoms with E-state index < -0.39 is 12.1 Å². The Bertz CT molecular complexity index is 666. The molecule has 4 rings (SSSR count). The van der Waals surface area contributed by atoms with Crippen LogP contribution in [0, 0.1) is 52.3 Å². The van der Waals surface area contributed by atoms with Gasteiger partial charge < -0.3 is 20.4 Å². The molecule has 0 spiro atoms. The Morgan fingerprint density at radius 2 is 1.70 bits per heavy atom. The molecule has 0 amide bonds. The molecule has 0 aliphatic heterocycles. The molecule has 0 bridgehead atoms. The molecule has 12 unspecified atom stereocenters. The Labute approximate surface area is 181 Å². The van der Waals surface area contributed by atoms with Gasteiger partial charge in [0.15, 0.2) is 0 Å². The Hall–Kier alpha value is -0.650. The average molecular weight is 423 g/mol. The van der Waals surface area contributed by atoms with Gasteiger partial charge in [0.2, 0.25) is 0 Å². The van der Waals surface area contributed by atoms with Crippen LogP contribution in [-0.2, 0) is 4.79 Å². The second-order valence-corrected chi connectivity index (χ2v) is 12.0. The number of aliphatic hydroxyl groups is 3. The summed E-state index contributed by atoms with van der Waals surface area (Å²) in [5.41, 5.74) is -0.163. The van der Waals surface area contributed by atoms with Crippen LogP contribution in [0.25, 0.3) is 0 Å². The number of aliphatic hydroxyl groups excluding tert-OH is 3. The van der Waals surface area contributed by atoms with E-state index in [1.165, 1.54) is 0 Å². The number of carboxylic acid groups (broad SMARTS) is 1. The highest BCUT2D eigenvalue weighted by Crippen LogP contribution is 2.68. The van der Waals surface area contributed by atoms with E-state index in [0.29, 0.717) is 30.1 Å². The van der Waals surface area contributed by atoms with E-state index in [9.17, 15) is 25.2 Å². The number of hydrogen-bond donors (Lipinski definition) is 4. The summed E-state index contributed by atoms with van der Waals surface area (Å²) in [5, 5.41) is 42.4. The first-order valence-corrected chi connectivity index (χ1v) is 12.3. The quantitative estimate of drug-likeness (QED) is 0.554. The first-order valence-electron chi connectivity index (χ1n) is 12.3. The number of carboxylic acids is 1. The van der Waals surface area contributed by atoms with E-state index >= 15 is 0 Å². The van der Waals surface area contributed by atoms with Gasteiger partial charge in [-0.15, -0.1) is 0 Å². The Morgan fingerprint density at radius 3 is 2.37 bits per heavy atom. The fourth-order valence-corrected chi connectivity index (χ4v) is 8.95. The van der Waals surface area contributed by atoms with Gasteiger partial charge in [0, 0.05) is 0 Å². The van der Waals surface area contributed by atoms with E-state index in [2.05, 4.69) is 20.8 Å². The highest BCUT2D eigenvalue weighted by Gasteiger charge is 2.65. The standard InChI is InChI=1S/C25H42O5/c1-13(9-14(2)23(29)30)17-5-6-18-22-19(12-21(28)25(17,18)4)24(3)8-7-16(26)10-15(24)11-20(22)27/h13-22,26-28H,5-12H2,1-4H3,(H,29,30). The summed E-state index contributed by atoms with van der Waals surface area (Å²) in [6, 6.07) is 0. The minimum Gasteiger partial charge on any atom is -0.481 e. The molecule has 4 aliphatic rings. The predicted molar refractivity (Wildman–Crippen MR) is 115 cm³/mol. The lowest BCUT2D eigenvalue weighted by Gasteiger charge is -2.63. The molecule has 5 heteroatoms. The van der Waals surface area contributed by atoms with E-state index in [0.717, 1.165) is 44.9 Å². The minimum absolute atomic E-state index is 0.0902.